The quantitative estimate of drug-likeness (QED) is 0.737. The van der Waals surface area contributed by atoms with Crippen LogP contribution in [0, 0.1) is 5.92 Å². The Bertz CT molecular complexity index is 230. The lowest BCUT2D eigenvalue weighted by atomic mass is 9.90. The summed E-state index contributed by atoms with van der Waals surface area (Å²) in [7, 11) is 0. The fourth-order valence-electron chi connectivity index (χ4n) is 2.24. The second kappa shape index (κ2) is 4.52. The number of hydrogen-bond donors (Lipinski definition) is 2. The molecule has 15 heavy (non-hydrogen) atoms. The lowest BCUT2D eigenvalue weighted by Gasteiger charge is -2.35. The van der Waals surface area contributed by atoms with Crippen molar-refractivity contribution in [1.82, 2.24) is 10.6 Å². The van der Waals surface area contributed by atoms with Crippen molar-refractivity contribution in [1.29, 1.82) is 0 Å². The van der Waals surface area contributed by atoms with E-state index in [9.17, 15) is 4.79 Å². The zero-order chi connectivity index (χ0) is 10.7. The molecule has 86 valence electrons. The van der Waals surface area contributed by atoms with Gasteiger partial charge in [-0.15, -0.1) is 0 Å². The Morgan fingerprint density at radius 3 is 2.67 bits per heavy atom. The smallest absolute Gasteiger partial charge is 0.220 e. The fourth-order valence-corrected chi connectivity index (χ4v) is 2.24. The Hall–Kier alpha value is -0.570. The molecule has 0 aromatic carbocycles. The van der Waals surface area contributed by atoms with Crippen LogP contribution in [0.2, 0.25) is 0 Å². The maximum atomic E-state index is 11.7. The van der Waals surface area contributed by atoms with E-state index in [0.29, 0.717) is 0 Å². The number of nitrogens with one attached hydrogen (secondary N) is 2. The zero-order valence-corrected chi connectivity index (χ0v) is 9.64. The van der Waals surface area contributed by atoms with Crippen LogP contribution in [-0.4, -0.2) is 24.5 Å². The van der Waals surface area contributed by atoms with Crippen LogP contribution in [0.25, 0.3) is 0 Å². The first-order valence-electron chi connectivity index (χ1n) is 6.20. The molecule has 1 amide bonds. The second-order valence-corrected chi connectivity index (χ2v) is 5.34. The Morgan fingerprint density at radius 2 is 2.07 bits per heavy atom. The van der Waals surface area contributed by atoms with Crippen LogP contribution in [0.1, 0.15) is 45.4 Å². The van der Waals surface area contributed by atoms with Crippen LogP contribution >= 0.6 is 0 Å². The maximum absolute atomic E-state index is 11.7. The molecule has 1 aliphatic carbocycles. The van der Waals surface area contributed by atoms with E-state index in [1.165, 1.54) is 12.8 Å². The van der Waals surface area contributed by atoms with Crippen LogP contribution in [0.15, 0.2) is 0 Å². The second-order valence-electron chi connectivity index (χ2n) is 5.34. The van der Waals surface area contributed by atoms with Gasteiger partial charge < -0.3 is 10.6 Å². The van der Waals surface area contributed by atoms with E-state index >= 15 is 0 Å². The van der Waals surface area contributed by atoms with E-state index in [2.05, 4.69) is 17.6 Å². The van der Waals surface area contributed by atoms with Gasteiger partial charge in [-0.3, -0.25) is 4.79 Å². The molecule has 1 saturated carbocycles. The van der Waals surface area contributed by atoms with Gasteiger partial charge in [-0.05, 0) is 45.2 Å². The summed E-state index contributed by atoms with van der Waals surface area (Å²) in [4.78, 5) is 11.7. The summed E-state index contributed by atoms with van der Waals surface area (Å²) in [5.41, 5.74) is 0.0475. The minimum absolute atomic E-state index is 0.0475. The standard InChI is InChI=1S/C12H22N2O/c1-12(6-8-13-9-7-12)14-11(15)5-4-10-2-3-10/h10,13H,2-9H2,1H3,(H,14,15). The molecular weight excluding hydrogens is 188 g/mol. The van der Waals surface area contributed by atoms with E-state index in [4.69, 9.17) is 0 Å². The first-order chi connectivity index (χ1) is 7.18. The predicted octanol–water partition coefficient (Wildman–Crippen LogP) is 1.43. The van der Waals surface area contributed by atoms with Crippen molar-refractivity contribution in [3.8, 4) is 0 Å². The fraction of sp³-hybridized carbons (Fsp3) is 0.917. The molecule has 3 nitrogen and oxygen atoms in total. The third-order valence-electron chi connectivity index (χ3n) is 3.62. The summed E-state index contributed by atoms with van der Waals surface area (Å²) in [5, 5.41) is 6.52. The highest BCUT2D eigenvalue weighted by Crippen LogP contribution is 2.33. The number of carbonyl (C=O) groups excluding carboxylic acids is 1. The van der Waals surface area contributed by atoms with E-state index in [1.807, 2.05) is 0 Å². The molecule has 0 radical (unpaired) electrons. The SMILES string of the molecule is CC1(NC(=O)CCC2CC2)CCNCC1. The normalized spacial score (nSPS) is 24.9. The van der Waals surface area contributed by atoms with E-state index < -0.39 is 0 Å². The lowest BCUT2D eigenvalue weighted by molar-refractivity contribution is -0.123. The highest BCUT2D eigenvalue weighted by Gasteiger charge is 2.29. The molecule has 0 aromatic heterocycles. The number of hydrogen-bond acceptors (Lipinski definition) is 2. The van der Waals surface area contributed by atoms with Crippen molar-refractivity contribution in [2.75, 3.05) is 13.1 Å². The molecule has 0 spiro atoms. The van der Waals surface area contributed by atoms with Gasteiger partial charge in [-0.1, -0.05) is 12.8 Å². The summed E-state index contributed by atoms with van der Waals surface area (Å²) in [6.45, 7) is 4.22. The van der Waals surface area contributed by atoms with Crippen LogP contribution < -0.4 is 10.6 Å². The van der Waals surface area contributed by atoms with Crippen molar-refractivity contribution in [2.45, 2.75) is 51.0 Å². The van der Waals surface area contributed by atoms with Crippen LogP contribution in [-0.2, 0) is 4.79 Å². The molecule has 3 heteroatoms. The van der Waals surface area contributed by atoms with E-state index in [0.717, 1.165) is 44.7 Å². The van der Waals surface area contributed by atoms with Crippen LogP contribution in [0.5, 0.6) is 0 Å². The van der Waals surface area contributed by atoms with Gasteiger partial charge in [0.05, 0.1) is 0 Å². The monoisotopic (exact) mass is 210 g/mol. The molecule has 1 heterocycles. The third kappa shape index (κ3) is 3.49. The summed E-state index contributed by atoms with van der Waals surface area (Å²) in [6.07, 6.45) is 6.63. The van der Waals surface area contributed by atoms with Crippen LogP contribution in [0.4, 0.5) is 0 Å². The van der Waals surface area contributed by atoms with Crippen molar-refractivity contribution in [2.24, 2.45) is 5.92 Å². The van der Waals surface area contributed by atoms with Crippen molar-refractivity contribution in [3.63, 3.8) is 0 Å². The van der Waals surface area contributed by atoms with E-state index in [-0.39, 0.29) is 11.4 Å². The average Bonchev–Trinajstić information content (AvgIpc) is 2.98. The van der Waals surface area contributed by atoms with Gasteiger partial charge in [0, 0.05) is 12.0 Å². The Morgan fingerprint density at radius 1 is 1.40 bits per heavy atom. The summed E-state index contributed by atoms with van der Waals surface area (Å²) in [6, 6.07) is 0. The van der Waals surface area contributed by atoms with Crippen molar-refractivity contribution in [3.05, 3.63) is 0 Å². The molecule has 0 aromatic rings. The summed E-state index contributed by atoms with van der Waals surface area (Å²) < 4.78 is 0. The van der Waals surface area contributed by atoms with E-state index in [1.54, 1.807) is 0 Å². The number of rotatable bonds is 4. The number of carbonyl (C=O) groups is 1. The molecular formula is C12H22N2O. The molecule has 0 atom stereocenters. The van der Waals surface area contributed by atoms with Gasteiger partial charge in [0.2, 0.25) is 5.91 Å². The van der Waals surface area contributed by atoms with Gasteiger partial charge >= 0.3 is 0 Å². The zero-order valence-electron chi connectivity index (χ0n) is 9.64. The minimum atomic E-state index is 0.0475. The summed E-state index contributed by atoms with van der Waals surface area (Å²) >= 11 is 0. The van der Waals surface area contributed by atoms with Crippen molar-refractivity contribution < 1.29 is 4.79 Å². The molecule has 0 unspecified atom stereocenters. The highest BCUT2D eigenvalue weighted by molar-refractivity contribution is 5.76. The van der Waals surface area contributed by atoms with Crippen molar-refractivity contribution >= 4 is 5.91 Å². The van der Waals surface area contributed by atoms with Gasteiger partial charge in [0.25, 0.3) is 0 Å². The first kappa shape index (κ1) is 10.9. The molecule has 2 rings (SSSR count). The minimum Gasteiger partial charge on any atom is -0.351 e. The molecule has 1 aliphatic heterocycles. The lowest BCUT2D eigenvalue weighted by Crippen LogP contribution is -2.52. The first-order valence-corrected chi connectivity index (χ1v) is 6.20. The molecule has 1 saturated heterocycles. The van der Waals surface area contributed by atoms with Gasteiger partial charge in [0.15, 0.2) is 0 Å². The molecule has 2 fully saturated rings. The van der Waals surface area contributed by atoms with Gasteiger partial charge in [0.1, 0.15) is 0 Å². The highest BCUT2D eigenvalue weighted by atomic mass is 16.1. The Kier molecular flexibility index (Phi) is 3.29. The Labute approximate surface area is 92.0 Å². The molecule has 2 aliphatic rings. The van der Waals surface area contributed by atoms with Crippen LogP contribution in [0.3, 0.4) is 0 Å². The molecule has 2 N–H and O–H groups in total. The summed E-state index contributed by atoms with van der Waals surface area (Å²) in [5.74, 6) is 1.11. The Balaban J connectivity index is 1.70. The molecule has 0 bridgehead atoms. The predicted molar refractivity (Wildman–Crippen MR) is 60.6 cm³/mol. The topological polar surface area (TPSA) is 41.1 Å². The average molecular weight is 210 g/mol. The largest absolute Gasteiger partial charge is 0.351 e. The third-order valence-corrected chi connectivity index (χ3v) is 3.62. The van der Waals surface area contributed by atoms with Gasteiger partial charge in [-0.2, -0.15) is 0 Å². The van der Waals surface area contributed by atoms with Gasteiger partial charge in [-0.25, -0.2) is 0 Å². The maximum Gasteiger partial charge on any atom is 0.220 e. The number of amides is 1. The number of piperidine rings is 1.